The molecular weight excluding hydrogens is 352 g/mol. The number of nitrogens with zero attached hydrogens (tertiary/aromatic N) is 1. The average Bonchev–Trinajstić information content (AvgIpc) is 3.16. The van der Waals surface area contributed by atoms with E-state index in [2.05, 4.69) is 10.3 Å². The number of ether oxygens (including phenoxy) is 1. The number of carbonyl (C=O) groups excluding carboxylic acids is 1. The zero-order valence-corrected chi connectivity index (χ0v) is 14.8. The molecule has 0 aliphatic rings. The molecule has 0 saturated carbocycles. The molecular formula is C16H13ClN2O2S2. The first-order valence-electron chi connectivity index (χ1n) is 6.73. The minimum Gasteiger partial charge on any atom is -0.497 e. The highest BCUT2D eigenvalue weighted by Gasteiger charge is 2.14. The van der Waals surface area contributed by atoms with Gasteiger partial charge < -0.3 is 4.74 Å². The second-order valence-electron chi connectivity index (χ2n) is 4.77. The van der Waals surface area contributed by atoms with Gasteiger partial charge in [-0.15, -0.1) is 22.7 Å². The Kier molecular flexibility index (Phi) is 4.66. The number of hydrogen-bond acceptors (Lipinski definition) is 5. The quantitative estimate of drug-likeness (QED) is 0.701. The molecule has 118 valence electrons. The Bertz CT molecular complexity index is 857. The third-order valence-corrected chi connectivity index (χ3v) is 5.36. The van der Waals surface area contributed by atoms with Crippen LogP contribution in [0.5, 0.6) is 5.75 Å². The van der Waals surface area contributed by atoms with E-state index in [1.54, 1.807) is 18.6 Å². The van der Waals surface area contributed by atoms with E-state index in [1.807, 2.05) is 30.5 Å². The molecule has 0 aliphatic carbocycles. The van der Waals surface area contributed by atoms with Crippen LogP contribution in [0.15, 0.2) is 35.0 Å². The first-order chi connectivity index (χ1) is 11.1. The van der Waals surface area contributed by atoms with E-state index in [9.17, 15) is 4.79 Å². The summed E-state index contributed by atoms with van der Waals surface area (Å²) in [5.41, 5.74) is 2.90. The molecule has 2 heterocycles. The summed E-state index contributed by atoms with van der Waals surface area (Å²) in [6, 6.07) is 7.52. The lowest BCUT2D eigenvalue weighted by atomic mass is 10.1. The van der Waals surface area contributed by atoms with Crippen LogP contribution < -0.4 is 10.1 Å². The second kappa shape index (κ2) is 6.70. The van der Waals surface area contributed by atoms with Crippen LogP contribution >= 0.6 is 34.3 Å². The number of benzene rings is 1. The molecule has 0 spiro atoms. The van der Waals surface area contributed by atoms with Crippen LogP contribution in [-0.2, 0) is 0 Å². The normalized spacial score (nSPS) is 10.6. The number of anilines is 1. The SMILES string of the molecule is COc1ccc(-c2csc(NC(=O)c3sccc3Cl)n2)c(C)c1. The highest BCUT2D eigenvalue weighted by molar-refractivity contribution is 7.15. The lowest BCUT2D eigenvalue weighted by Crippen LogP contribution is -2.10. The number of rotatable bonds is 4. The maximum atomic E-state index is 12.2. The molecule has 3 aromatic rings. The molecule has 0 fully saturated rings. The zero-order valence-electron chi connectivity index (χ0n) is 12.4. The summed E-state index contributed by atoms with van der Waals surface area (Å²) in [5.74, 6) is 0.569. The number of amides is 1. The van der Waals surface area contributed by atoms with Crippen molar-refractivity contribution in [3.8, 4) is 17.0 Å². The summed E-state index contributed by atoms with van der Waals surface area (Å²) < 4.78 is 5.21. The third kappa shape index (κ3) is 3.39. The van der Waals surface area contributed by atoms with Crippen LogP contribution in [0.1, 0.15) is 15.2 Å². The molecule has 0 bridgehead atoms. The predicted octanol–water partition coefficient (Wildman–Crippen LogP) is 5.09. The van der Waals surface area contributed by atoms with Gasteiger partial charge in [0.2, 0.25) is 0 Å². The van der Waals surface area contributed by atoms with Gasteiger partial charge in [0.05, 0.1) is 17.8 Å². The molecule has 4 nitrogen and oxygen atoms in total. The molecule has 1 amide bonds. The second-order valence-corrected chi connectivity index (χ2v) is 6.95. The van der Waals surface area contributed by atoms with Crippen LogP contribution in [0.4, 0.5) is 5.13 Å². The Morgan fingerprint density at radius 2 is 2.13 bits per heavy atom. The molecule has 2 aromatic heterocycles. The van der Waals surface area contributed by atoms with E-state index in [0.717, 1.165) is 22.6 Å². The van der Waals surface area contributed by atoms with Crippen molar-refractivity contribution in [1.82, 2.24) is 4.98 Å². The summed E-state index contributed by atoms with van der Waals surface area (Å²) in [6.45, 7) is 2.00. The number of hydrogen-bond donors (Lipinski definition) is 1. The van der Waals surface area contributed by atoms with Crippen molar-refractivity contribution in [1.29, 1.82) is 0 Å². The molecule has 1 aromatic carbocycles. The lowest BCUT2D eigenvalue weighted by Gasteiger charge is -2.05. The van der Waals surface area contributed by atoms with Gasteiger partial charge in [0.15, 0.2) is 5.13 Å². The van der Waals surface area contributed by atoms with Gasteiger partial charge in [0, 0.05) is 10.9 Å². The minimum absolute atomic E-state index is 0.239. The van der Waals surface area contributed by atoms with E-state index in [-0.39, 0.29) is 5.91 Å². The van der Waals surface area contributed by atoms with Gasteiger partial charge >= 0.3 is 0 Å². The number of carbonyl (C=O) groups is 1. The smallest absolute Gasteiger partial charge is 0.269 e. The Labute approximate surface area is 146 Å². The zero-order chi connectivity index (χ0) is 16.4. The largest absolute Gasteiger partial charge is 0.497 e. The molecule has 1 N–H and O–H groups in total. The Morgan fingerprint density at radius 3 is 2.78 bits per heavy atom. The number of halogens is 1. The maximum absolute atomic E-state index is 12.2. The first kappa shape index (κ1) is 16.0. The van der Waals surface area contributed by atoms with Gasteiger partial charge in [-0.1, -0.05) is 11.6 Å². The number of aryl methyl sites for hydroxylation is 1. The van der Waals surface area contributed by atoms with Crippen LogP contribution in [-0.4, -0.2) is 18.0 Å². The van der Waals surface area contributed by atoms with Crippen molar-refractivity contribution in [2.45, 2.75) is 6.92 Å². The summed E-state index contributed by atoms with van der Waals surface area (Å²) in [6.07, 6.45) is 0. The first-order valence-corrected chi connectivity index (χ1v) is 8.87. The van der Waals surface area contributed by atoms with Gasteiger partial charge in [-0.2, -0.15) is 0 Å². The van der Waals surface area contributed by atoms with E-state index in [1.165, 1.54) is 22.7 Å². The number of thiophene rings is 1. The van der Waals surface area contributed by atoms with Gasteiger partial charge in [-0.3, -0.25) is 10.1 Å². The summed E-state index contributed by atoms with van der Waals surface area (Å²) >= 11 is 8.66. The van der Waals surface area contributed by atoms with Gasteiger partial charge in [-0.05, 0) is 42.1 Å². The minimum atomic E-state index is -0.239. The Hall–Kier alpha value is -1.89. The van der Waals surface area contributed by atoms with Crippen LogP contribution in [0.25, 0.3) is 11.3 Å². The number of nitrogens with one attached hydrogen (secondary N) is 1. The standard InChI is InChI=1S/C16H13ClN2O2S2/c1-9-7-10(21-2)3-4-11(9)13-8-23-16(18-13)19-15(20)14-12(17)5-6-22-14/h3-8H,1-2H3,(H,18,19,20). The van der Waals surface area contributed by atoms with E-state index >= 15 is 0 Å². The molecule has 0 unspecified atom stereocenters. The fraction of sp³-hybridized carbons (Fsp3) is 0.125. The van der Waals surface area contributed by atoms with Crippen LogP contribution in [0, 0.1) is 6.92 Å². The van der Waals surface area contributed by atoms with Crippen molar-refractivity contribution in [3.05, 3.63) is 50.5 Å². The highest BCUT2D eigenvalue weighted by atomic mass is 35.5. The van der Waals surface area contributed by atoms with Gasteiger partial charge in [0.1, 0.15) is 10.6 Å². The fourth-order valence-electron chi connectivity index (χ4n) is 2.12. The Balaban J connectivity index is 1.81. The summed E-state index contributed by atoms with van der Waals surface area (Å²) in [4.78, 5) is 17.1. The van der Waals surface area contributed by atoms with E-state index in [4.69, 9.17) is 16.3 Å². The molecule has 23 heavy (non-hydrogen) atoms. The molecule has 0 saturated heterocycles. The molecule has 0 atom stereocenters. The van der Waals surface area contributed by atoms with Crippen molar-refractivity contribution in [2.75, 3.05) is 12.4 Å². The highest BCUT2D eigenvalue weighted by Crippen LogP contribution is 2.30. The average molecular weight is 365 g/mol. The monoisotopic (exact) mass is 364 g/mol. The maximum Gasteiger partial charge on any atom is 0.269 e. The van der Waals surface area contributed by atoms with Gasteiger partial charge in [0.25, 0.3) is 5.91 Å². The lowest BCUT2D eigenvalue weighted by molar-refractivity contribution is 0.103. The van der Waals surface area contributed by atoms with Crippen LogP contribution in [0.2, 0.25) is 5.02 Å². The molecule has 0 radical (unpaired) electrons. The van der Waals surface area contributed by atoms with E-state index in [0.29, 0.717) is 15.0 Å². The van der Waals surface area contributed by atoms with Crippen molar-refractivity contribution >= 4 is 45.3 Å². The molecule has 0 aliphatic heterocycles. The number of aromatic nitrogens is 1. The predicted molar refractivity (Wildman–Crippen MR) is 96.1 cm³/mol. The van der Waals surface area contributed by atoms with Crippen molar-refractivity contribution in [3.63, 3.8) is 0 Å². The topological polar surface area (TPSA) is 51.2 Å². The third-order valence-electron chi connectivity index (χ3n) is 3.26. The summed E-state index contributed by atoms with van der Waals surface area (Å²) in [5, 5.41) is 7.49. The number of thiazole rings is 1. The van der Waals surface area contributed by atoms with E-state index < -0.39 is 0 Å². The van der Waals surface area contributed by atoms with Crippen molar-refractivity contribution in [2.24, 2.45) is 0 Å². The van der Waals surface area contributed by atoms with Gasteiger partial charge in [-0.25, -0.2) is 4.98 Å². The van der Waals surface area contributed by atoms with Crippen molar-refractivity contribution < 1.29 is 9.53 Å². The molecule has 3 rings (SSSR count). The summed E-state index contributed by atoms with van der Waals surface area (Å²) in [7, 11) is 1.64. The fourth-order valence-corrected chi connectivity index (χ4v) is 3.86. The molecule has 7 heteroatoms. The number of methoxy groups -OCH3 is 1. The van der Waals surface area contributed by atoms with Crippen LogP contribution in [0.3, 0.4) is 0 Å². The Morgan fingerprint density at radius 1 is 1.30 bits per heavy atom.